The van der Waals surface area contributed by atoms with Gasteiger partial charge in [0.1, 0.15) is 0 Å². The van der Waals surface area contributed by atoms with E-state index in [0.717, 1.165) is 36.8 Å². The number of benzene rings is 1. The standard InChI is InChI=1S/C17H20N2O2/c1-19-12-13(11-18-19)8-10-17(16(20)21)9-4-6-14-5-2-3-7-15(14)17/h2-3,5,7,11-12H,4,6,8-10H2,1H3,(H,20,21). The fourth-order valence-corrected chi connectivity index (χ4v) is 3.47. The Kier molecular flexibility index (Phi) is 3.53. The number of rotatable bonds is 4. The lowest BCUT2D eigenvalue weighted by molar-refractivity contribution is -0.144. The van der Waals surface area contributed by atoms with Gasteiger partial charge >= 0.3 is 5.97 Å². The second-order valence-corrected chi connectivity index (χ2v) is 5.92. The number of aromatic nitrogens is 2. The molecule has 0 saturated carbocycles. The van der Waals surface area contributed by atoms with Crippen LogP contribution in [0.15, 0.2) is 36.7 Å². The van der Waals surface area contributed by atoms with Gasteiger partial charge in [0.05, 0.1) is 11.6 Å². The number of carboxylic acid groups (broad SMARTS) is 1. The normalized spacial score (nSPS) is 21.0. The lowest BCUT2D eigenvalue weighted by Gasteiger charge is -2.35. The van der Waals surface area contributed by atoms with E-state index in [9.17, 15) is 9.90 Å². The molecule has 4 heteroatoms. The molecule has 1 aromatic heterocycles. The molecular weight excluding hydrogens is 264 g/mol. The van der Waals surface area contributed by atoms with Crippen molar-refractivity contribution >= 4 is 5.97 Å². The molecule has 0 spiro atoms. The molecule has 1 aliphatic rings. The van der Waals surface area contributed by atoms with Gasteiger partial charge in [0.2, 0.25) is 0 Å². The highest BCUT2D eigenvalue weighted by Gasteiger charge is 2.42. The Morgan fingerprint density at radius 3 is 2.95 bits per heavy atom. The van der Waals surface area contributed by atoms with Gasteiger partial charge in [-0.15, -0.1) is 0 Å². The van der Waals surface area contributed by atoms with Crippen molar-refractivity contribution in [3.05, 3.63) is 53.3 Å². The first-order chi connectivity index (χ1) is 10.1. The Morgan fingerprint density at radius 2 is 2.24 bits per heavy atom. The highest BCUT2D eigenvalue weighted by Crippen LogP contribution is 2.41. The SMILES string of the molecule is Cn1cc(CCC2(C(=O)O)CCCc3ccccc32)cn1. The third-order valence-electron chi connectivity index (χ3n) is 4.59. The van der Waals surface area contributed by atoms with Gasteiger partial charge in [-0.3, -0.25) is 9.48 Å². The number of nitrogens with zero attached hydrogens (tertiary/aromatic N) is 2. The summed E-state index contributed by atoms with van der Waals surface area (Å²) in [6, 6.07) is 8.01. The summed E-state index contributed by atoms with van der Waals surface area (Å²) in [5, 5.41) is 14.1. The lowest BCUT2D eigenvalue weighted by Crippen LogP contribution is -2.39. The van der Waals surface area contributed by atoms with Crippen LogP contribution in [-0.4, -0.2) is 20.9 Å². The van der Waals surface area contributed by atoms with Gasteiger partial charge in [0.15, 0.2) is 0 Å². The first kappa shape index (κ1) is 13.9. The number of carbonyl (C=O) groups is 1. The summed E-state index contributed by atoms with van der Waals surface area (Å²) >= 11 is 0. The van der Waals surface area contributed by atoms with Crippen LogP contribution in [0.25, 0.3) is 0 Å². The largest absolute Gasteiger partial charge is 0.481 e. The Hall–Kier alpha value is -2.10. The molecule has 110 valence electrons. The van der Waals surface area contributed by atoms with Crippen LogP contribution in [0.1, 0.15) is 36.0 Å². The van der Waals surface area contributed by atoms with E-state index in [1.807, 2.05) is 37.6 Å². The zero-order valence-corrected chi connectivity index (χ0v) is 12.2. The van der Waals surface area contributed by atoms with Crippen LogP contribution in [0.4, 0.5) is 0 Å². The van der Waals surface area contributed by atoms with Gasteiger partial charge in [-0.25, -0.2) is 0 Å². The second kappa shape index (κ2) is 5.35. The predicted octanol–water partition coefficient (Wildman–Crippen LogP) is 2.71. The molecule has 0 aliphatic heterocycles. The van der Waals surface area contributed by atoms with Gasteiger partial charge in [0.25, 0.3) is 0 Å². The Labute approximate surface area is 124 Å². The van der Waals surface area contributed by atoms with Gasteiger partial charge < -0.3 is 5.11 Å². The summed E-state index contributed by atoms with van der Waals surface area (Å²) in [5.41, 5.74) is 2.55. The topological polar surface area (TPSA) is 55.1 Å². The second-order valence-electron chi connectivity index (χ2n) is 5.92. The van der Waals surface area contributed by atoms with Gasteiger partial charge in [-0.05, 0) is 48.8 Å². The molecule has 0 radical (unpaired) electrons. The van der Waals surface area contributed by atoms with E-state index in [2.05, 4.69) is 11.2 Å². The molecule has 0 bridgehead atoms. The highest BCUT2D eigenvalue weighted by molar-refractivity contribution is 5.82. The number of fused-ring (bicyclic) bond motifs is 1. The van der Waals surface area contributed by atoms with Crippen LogP contribution in [0, 0.1) is 0 Å². The summed E-state index contributed by atoms with van der Waals surface area (Å²) in [6.45, 7) is 0. The highest BCUT2D eigenvalue weighted by atomic mass is 16.4. The van der Waals surface area contributed by atoms with E-state index in [4.69, 9.17) is 0 Å². The molecule has 1 heterocycles. The van der Waals surface area contributed by atoms with Crippen molar-refractivity contribution in [3.8, 4) is 0 Å². The minimum Gasteiger partial charge on any atom is -0.481 e. The van der Waals surface area contributed by atoms with Crippen molar-refractivity contribution in [3.63, 3.8) is 0 Å². The summed E-state index contributed by atoms with van der Waals surface area (Å²) in [5.74, 6) is -0.696. The van der Waals surface area contributed by atoms with Gasteiger partial charge in [-0.1, -0.05) is 24.3 Å². The molecule has 1 atom stereocenters. The van der Waals surface area contributed by atoms with Crippen LogP contribution in [0.5, 0.6) is 0 Å². The number of aliphatic carboxylic acids is 1. The van der Waals surface area contributed by atoms with Gasteiger partial charge in [0, 0.05) is 13.2 Å². The van der Waals surface area contributed by atoms with Gasteiger partial charge in [-0.2, -0.15) is 5.10 Å². The third-order valence-corrected chi connectivity index (χ3v) is 4.59. The van der Waals surface area contributed by atoms with Crippen LogP contribution in [0.2, 0.25) is 0 Å². The maximum Gasteiger partial charge on any atom is 0.314 e. The summed E-state index contributed by atoms with van der Waals surface area (Å²) < 4.78 is 1.76. The van der Waals surface area contributed by atoms with Crippen LogP contribution < -0.4 is 0 Å². The average molecular weight is 284 g/mol. The maximum atomic E-state index is 12.0. The zero-order chi connectivity index (χ0) is 14.9. The minimum atomic E-state index is -0.745. The number of hydrogen-bond donors (Lipinski definition) is 1. The molecule has 3 rings (SSSR count). The monoisotopic (exact) mass is 284 g/mol. The van der Waals surface area contributed by atoms with Crippen molar-refractivity contribution in [1.29, 1.82) is 0 Å². The van der Waals surface area contributed by atoms with E-state index in [1.165, 1.54) is 5.56 Å². The smallest absolute Gasteiger partial charge is 0.314 e. The molecule has 0 amide bonds. The Balaban J connectivity index is 1.92. The van der Waals surface area contributed by atoms with E-state index in [-0.39, 0.29) is 0 Å². The fraction of sp³-hybridized carbons (Fsp3) is 0.412. The lowest BCUT2D eigenvalue weighted by atomic mass is 9.67. The minimum absolute atomic E-state index is 0.630. The average Bonchev–Trinajstić information content (AvgIpc) is 2.90. The molecule has 0 fully saturated rings. The fourth-order valence-electron chi connectivity index (χ4n) is 3.47. The first-order valence-electron chi connectivity index (χ1n) is 7.41. The molecule has 0 saturated heterocycles. The number of hydrogen-bond acceptors (Lipinski definition) is 2. The number of aryl methyl sites for hydroxylation is 3. The molecule has 1 unspecified atom stereocenters. The molecule has 2 aromatic rings. The van der Waals surface area contributed by atoms with E-state index in [1.54, 1.807) is 4.68 Å². The number of carboxylic acids is 1. The van der Waals surface area contributed by atoms with Crippen molar-refractivity contribution in [2.75, 3.05) is 0 Å². The molecule has 1 aliphatic carbocycles. The summed E-state index contributed by atoms with van der Waals surface area (Å²) in [4.78, 5) is 12.0. The van der Waals surface area contributed by atoms with Crippen LogP contribution >= 0.6 is 0 Å². The molecule has 1 aromatic carbocycles. The molecular formula is C17H20N2O2. The molecule has 21 heavy (non-hydrogen) atoms. The van der Waals surface area contributed by atoms with Crippen molar-refractivity contribution in [1.82, 2.24) is 9.78 Å². The van der Waals surface area contributed by atoms with E-state index < -0.39 is 11.4 Å². The zero-order valence-electron chi connectivity index (χ0n) is 12.2. The first-order valence-corrected chi connectivity index (χ1v) is 7.41. The quantitative estimate of drug-likeness (QED) is 0.939. The summed E-state index contributed by atoms with van der Waals surface area (Å²) in [7, 11) is 1.88. The van der Waals surface area contributed by atoms with Crippen LogP contribution in [0.3, 0.4) is 0 Å². The Morgan fingerprint density at radius 1 is 1.43 bits per heavy atom. The van der Waals surface area contributed by atoms with Crippen LogP contribution in [-0.2, 0) is 30.1 Å². The predicted molar refractivity (Wildman–Crippen MR) is 80.2 cm³/mol. The van der Waals surface area contributed by atoms with Crippen molar-refractivity contribution in [2.24, 2.45) is 7.05 Å². The van der Waals surface area contributed by atoms with E-state index >= 15 is 0 Å². The maximum absolute atomic E-state index is 12.0. The Bertz CT molecular complexity index is 662. The third kappa shape index (κ3) is 2.46. The molecule has 4 nitrogen and oxygen atoms in total. The summed E-state index contributed by atoms with van der Waals surface area (Å²) in [6.07, 6.45) is 7.81. The van der Waals surface area contributed by atoms with E-state index in [0.29, 0.717) is 6.42 Å². The van der Waals surface area contributed by atoms with Crippen molar-refractivity contribution in [2.45, 2.75) is 37.5 Å². The van der Waals surface area contributed by atoms with Crippen molar-refractivity contribution < 1.29 is 9.90 Å². The molecule has 1 N–H and O–H groups in total.